The summed E-state index contributed by atoms with van der Waals surface area (Å²) in [6.45, 7) is -0.317. The molecule has 0 N–H and O–H groups in total. The molecule has 30 heavy (non-hydrogen) atoms. The van der Waals surface area contributed by atoms with Gasteiger partial charge in [-0.05, 0) is 30.3 Å². The Morgan fingerprint density at radius 2 is 1.87 bits per heavy atom. The molecule has 0 bridgehead atoms. The minimum absolute atomic E-state index is 0.0385. The molecule has 0 fully saturated rings. The van der Waals surface area contributed by atoms with E-state index in [9.17, 15) is 13.6 Å². The van der Waals surface area contributed by atoms with E-state index in [4.69, 9.17) is 27.9 Å². The average Bonchev–Trinajstić information content (AvgIpc) is 2.99. The van der Waals surface area contributed by atoms with Gasteiger partial charge in [0.2, 0.25) is 0 Å². The zero-order chi connectivity index (χ0) is 21.5. The molecule has 2 aromatic rings. The summed E-state index contributed by atoms with van der Waals surface area (Å²) in [7, 11) is 0. The van der Waals surface area contributed by atoms with Gasteiger partial charge in [0.25, 0.3) is 11.8 Å². The molecule has 1 unspecified atom stereocenters. The minimum Gasteiger partial charge on any atom is -0.478 e. The lowest BCUT2D eigenvalue weighted by Gasteiger charge is -2.27. The van der Waals surface area contributed by atoms with Crippen molar-refractivity contribution >= 4 is 40.5 Å². The summed E-state index contributed by atoms with van der Waals surface area (Å²) in [6.07, 6.45) is 0.700. The Morgan fingerprint density at radius 1 is 1.17 bits per heavy atom. The fourth-order valence-corrected chi connectivity index (χ4v) is 3.77. The number of aliphatic imine (C=N–C) groups is 1. The Labute approximate surface area is 182 Å². The second-order valence-electron chi connectivity index (χ2n) is 7.09. The monoisotopic (exact) mass is 451 g/mol. The van der Waals surface area contributed by atoms with Crippen LogP contribution in [-0.4, -0.2) is 35.7 Å². The van der Waals surface area contributed by atoms with E-state index in [0.29, 0.717) is 27.0 Å². The summed E-state index contributed by atoms with van der Waals surface area (Å²) in [4.78, 5) is 20.4. The van der Waals surface area contributed by atoms with Crippen molar-refractivity contribution in [3.63, 3.8) is 0 Å². The van der Waals surface area contributed by atoms with E-state index in [1.165, 1.54) is 6.26 Å². The molecule has 0 saturated heterocycles. The molecule has 0 spiro atoms. The van der Waals surface area contributed by atoms with Crippen LogP contribution in [0.25, 0.3) is 0 Å². The standard InChI is InChI=1S/C21H17Cl2F2N3O2/c1-21(24,25)11-27-12-30-10-17-18(20(27)29)26-19(15-4-2-3-5-16(15)23)28(17)14-8-6-13(22)7-9-14/h2-10,19H,11-12H2,1H3. The number of hydrogen-bond acceptors (Lipinski definition) is 4. The number of amides is 1. The van der Waals surface area contributed by atoms with Gasteiger partial charge >= 0.3 is 0 Å². The van der Waals surface area contributed by atoms with Crippen LogP contribution < -0.4 is 4.90 Å². The number of carbonyl (C=O) groups excluding carboxylic acids is 1. The fraction of sp³-hybridized carbons (Fsp3) is 0.238. The highest BCUT2D eigenvalue weighted by atomic mass is 35.5. The van der Waals surface area contributed by atoms with Crippen molar-refractivity contribution in [2.75, 3.05) is 18.2 Å². The van der Waals surface area contributed by atoms with Crippen LogP contribution in [0.15, 0.2) is 65.5 Å². The Morgan fingerprint density at radius 3 is 2.53 bits per heavy atom. The van der Waals surface area contributed by atoms with Crippen LogP contribution in [0.2, 0.25) is 10.0 Å². The maximum atomic E-state index is 13.6. The molecule has 2 aliphatic heterocycles. The smallest absolute Gasteiger partial charge is 0.277 e. The van der Waals surface area contributed by atoms with Gasteiger partial charge in [-0.1, -0.05) is 41.4 Å². The first kappa shape index (κ1) is 20.6. The van der Waals surface area contributed by atoms with Crippen LogP contribution in [0.1, 0.15) is 18.7 Å². The zero-order valence-electron chi connectivity index (χ0n) is 15.9. The Balaban J connectivity index is 1.80. The first-order valence-electron chi connectivity index (χ1n) is 9.11. The van der Waals surface area contributed by atoms with Crippen molar-refractivity contribution in [3.05, 3.63) is 76.1 Å². The predicted octanol–water partition coefficient (Wildman–Crippen LogP) is 5.27. The molecular formula is C21H17Cl2F2N3O2. The van der Waals surface area contributed by atoms with E-state index in [1.807, 2.05) is 6.07 Å². The Hall–Kier alpha value is -2.64. The number of ether oxygens (including phenoxy) is 1. The third-order valence-corrected chi connectivity index (χ3v) is 5.27. The number of anilines is 1. The van der Waals surface area contributed by atoms with Crippen LogP contribution in [0.3, 0.4) is 0 Å². The van der Waals surface area contributed by atoms with Crippen molar-refractivity contribution in [2.24, 2.45) is 4.99 Å². The van der Waals surface area contributed by atoms with E-state index in [-0.39, 0.29) is 12.4 Å². The molecule has 4 rings (SSSR count). The van der Waals surface area contributed by atoms with Gasteiger partial charge in [0.15, 0.2) is 18.6 Å². The van der Waals surface area contributed by atoms with Crippen molar-refractivity contribution in [1.29, 1.82) is 0 Å². The summed E-state index contributed by atoms with van der Waals surface area (Å²) in [5.74, 6) is -3.70. The molecule has 0 aromatic heterocycles. The van der Waals surface area contributed by atoms with E-state index in [2.05, 4.69) is 4.99 Å². The number of carbonyl (C=O) groups is 1. The molecule has 0 saturated carbocycles. The summed E-state index contributed by atoms with van der Waals surface area (Å²) < 4.78 is 32.6. The molecule has 1 amide bonds. The van der Waals surface area contributed by atoms with Crippen molar-refractivity contribution in [3.8, 4) is 0 Å². The molecule has 0 radical (unpaired) electrons. The summed E-state index contributed by atoms with van der Waals surface area (Å²) >= 11 is 12.4. The number of nitrogens with zero attached hydrogens (tertiary/aromatic N) is 3. The summed E-state index contributed by atoms with van der Waals surface area (Å²) in [5, 5.41) is 1.01. The fourth-order valence-electron chi connectivity index (χ4n) is 3.41. The highest BCUT2D eigenvalue weighted by molar-refractivity contribution is 6.47. The van der Waals surface area contributed by atoms with Crippen molar-refractivity contribution in [1.82, 2.24) is 4.90 Å². The number of halogens is 4. The Bertz CT molecular complexity index is 1040. The van der Waals surface area contributed by atoms with Gasteiger partial charge in [-0.25, -0.2) is 13.8 Å². The molecule has 156 valence electrons. The number of alkyl halides is 2. The molecule has 9 heteroatoms. The maximum Gasteiger partial charge on any atom is 0.277 e. The molecule has 2 aromatic carbocycles. The van der Waals surface area contributed by atoms with Crippen molar-refractivity contribution < 1.29 is 18.3 Å². The third kappa shape index (κ3) is 4.00. The molecule has 2 aliphatic rings. The summed E-state index contributed by atoms with van der Waals surface area (Å²) in [6, 6.07) is 14.1. The Kier molecular flexibility index (Phi) is 5.42. The van der Waals surface area contributed by atoms with Crippen LogP contribution >= 0.6 is 23.2 Å². The third-order valence-electron chi connectivity index (χ3n) is 4.67. The van der Waals surface area contributed by atoms with Gasteiger partial charge < -0.3 is 9.64 Å². The lowest BCUT2D eigenvalue weighted by Crippen LogP contribution is -2.43. The zero-order valence-corrected chi connectivity index (χ0v) is 17.4. The van der Waals surface area contributed by atoms with Gasteiger partial charge in [-0.15, -0.1) is 0 Å². The van der Waals surface area contributed by atoms with Crippen molar-refractivity contribution in [2.45, 2.75) is 19.0 Å². The quantitative estimate of drug-likeness (QED) is 0.636. The van der Waals surface area contributed by atoms with Crippen LogP contribution in [-0.2, 0) is 9.53 Å². The molecule has 2 heterocycles. The highest BCUT2D eigenvalue weighted by Gasteiger charge is 2.42. The molecule has 1 atom stereocenters. The van der Waals surface area contributed by atoms with Crippen LogP contribution in [0.5, 0.6) is 0 Å². The van der Waals surface area contributed by atoms with E-state index in [1.54, 1.807) is 47.4 Å². The maximum absolute atomic E-state index is 13.6. The van der Waals surface area contributed by atoms with Gasteiger partial charge in [-0.3, -0.25) is 9.69 Å². The van der Waals surface area contributed by atoms with Crippen LogP contribution in [0.4, 0.5) is 14.5 Å². The average molecular weight is 452 g/mol. The second kappa shape index (κ2) is 7.89. The van der Waals surface area contributed by atoms with E-state index in [0.717, 1.165) is 11.8 Å². The lowest BCUT2D eigenvalue weighted by atomic mass is 10.1. The first-order chi connectivity index (χ1) is 14.2. The molecular weight excluding hydrogens is 435 g/mol. The SMILES string of the molecule is CC(F)(F)CN1COC=C2C(=NC(c3ccccc3Cl)N2c2ccc(Cl)cc2)C1=O. The highest BCUT2D eigenvalue weighted by Crippen LogP contribution is 2.41. The first-order valence-corrected chi connectivity index (χ1v) is 9.86. The summed E-state index contributed by atoms with van der Waals surface area (Å²) in [5.41, 5.74) is 1.77. The number of fused-ring (bicyclic) bond motifs is 1. The lowest BCUT2D eigenvalue weighted by molar-refractivity contribution is -0.133. The molecule has 5 nitrogen and oxygen atoms in total. The van der Waals surface area contributed by atoms with Gasteiger partial charge in [0, 0.05) is 28.2 Å². The normalized spacial score (nSPS) is 19.1. The second-order valence-corrected chi connectivity index (χ2v) is 7.94. The predicted molar refractivity (Wildman–Crippen MR) is 112 cm³/mol. The van der Waals surface area contributed by atoms with Gasteiger partial charge in [-0.2, -0.15) is 0 Å². The van der Waals surface area contributed by atoms with E-state index < -0.39 is 24.5 Å². The number of rotatable bonds is 4. The van der Waals surface area contributed by atoms with Gasteiger partial charge in [0.1, 0.15) is 12.0 Å². The topological polar surface area (TPSA) is 45.1 Å². The minimum atomic E-state index is -3.07. The number of hydrogen-bond donors (Lipinski definition) is 0. The molecule has 0 aliphatic carbocycles. The van der Waals surface area contributed by atoms with Crippen LogP contribution in [0, 0.1) is 0 Å². The number of benzene rings is 2. The van der Waals surface area contributed by atoms with E-state index >= 15 is 0 Å². The largest absolute Gasteiger partial charge is 0.478 e. The van der Waals surface area contributed by atoms with Gasteiger partial charge in [0.05, 0.1) is 6.54 Å².